The summed E-state index contributed by atoms with van der Waals surface area (Å²) >= 11 is 1.88. The van der Waals surface area contributed by atoms with Gasteiger partial charge in [0, 0.05) is 45.6 Å². The van der Waals surface area contributed by atoms with Gasteiger partial charge in [0.25, 0.3) is 0 Å². The van der Waals surface area contributed by atoms with E-state index in [-0.39, 0.29) is 47.5 Å². The van der Waals surface area contributed by atoms with Crippen molar-refractivity contribution in [3.63, 3.8) is 0 Å². The molecule has 3 saturated heterocycles. The monoisotopic (exact) mass is 569 g/mol. The Morgan fingerprint density at radius 1 is 0.970 bits per heavy atom. The van der Waals surface area contributed by atoms with Crippen molar-refractivity contribution >= 4 is 57.9 Å². The van der Waals surface area contributed by atoms with E-state index in [1.807, 2.05) is 32.4 Å². The summed E-state index contributed by atoms with van der Waals surface area (Å²) in [5.41, 5.74) is 11.1. The number of halogens is 1. The number of guanidine groups is 1. The molecule has 12 nitrogen and oxygen atoms in total. The maximum Gasteiger partial charge on any atom is 0.302 e. The Labute approximate surface area is 205 Å². The number of hydrogen-bond acceptors (Lipinski definition) is 7. The Hall–Kier alpha value is -2.71. The van der Waals surface area contributed by atoms with Crippen LogP contribution in [0.15, 0.2) is 4.99 Å². The van der Waals surface area contributed by atoms with E-state index >= 15 is 0 Å². The standard InChI is InChI=1S/C20H28IN9O3/c21-15-17(23)26-16(22)14(25-15)18(33)27-19-24-11-20(28-19)5-9-30(10-6-20)13(32)4-3-12(31)29-7-1-2-8-29/h1-11H2,(H4,22,23,26)(H2,24,27,28,33). The van der Waals surface area contributed by atoms with Crippen LogP contribution in [-0.4, -0.2) is 81.7 Å². The maximum absolute atomic E-state index is 12.6. The third kappa shape index (κ3) is 5.28. The lowest BCUT2D eigenvalue weighted by Gasteiger charge is -2.38. The topological polar surface area (TPSA) is 172 Å². The zero-order valence-electron chi connectivity index (χ0n) is 18.3. The number of nitrogen functional groups attached to an aromatic ring is 2. The van der Waals surface area contributed by atoms with Crippen LogP contribution in [0.3, 0.4) is 0 Å². The van der Waals surface area contributed by atoms with Crippen LogP contribution in [0.5, 0.6) is 0 Å². The minimum absolute atomic E-state index is 0.0134. The van der Waals surface area contributed by atoms with E-state index in [1.54, 1.807) is 0 Å². The highest BCUT2D eigenvalue weighted by atomic mass is 127. The van der Waals surface area contributed by atoms with E-state index < -0.39 is 5.91 Å². The van der Waals surface area contributed by atoms with Gasteiger partial charge >= 0.3 is 5.91 Å². The third-order valence-corrected chi connectivity index (χ3v) is 7.18. The number of hydrogen-bond donors (Lipinski definition) is 4. The number of nitrogens with zero attached hydrogens (tertiary/aromatic N) is 5. The number of nitrogens with one attached hydrogen (secondary N) is 2. The quantitative estimate of drug-likeness (QED) is 0.355. The van der Waals surface area contributed by atoms with Gasteiger partial charge in [-0.3, -0.25) is 14.4 Å². The molecule has 4 heterocycles. The maximum atomic E-state index is 12.6. The fraction of sp³-hybridized carbons (Fsp3) is 0.600. The summed E-state index contributed by atoms with van der Waals surface area (Å²) in [5.74, 6) is -0.0774. The van der Waals surface area contributed by atoms with Gasteiger partial charge in [-0.05, 0) is 48.3 Å². The molecule has 0 bridgehead atoms. The van der Waals surface area contributed by atoms with E-state index in [4.69, 9.17) is 11.5 Å². The van der Waals surface area contributed by atoms with Gasteiger partial charge in [-0.15, -0.1) is 0 Å². The van der Waals surface area contributed by atoms with Crippen molar-refractivity contribution in [1.29, 1.82) is 0 Å². The molecule has 1 aromatic rings. The second kappa shape index (κ2) is 9.65. The van der Waals surface area contributed by atoms with Crippen LogP contribution in [0.2, 0.25) is 0 Å². The average molecular weight is 569 g/mol. The number of likely N-dealkylation sites (tertiary alicyclic amines) is 2. The van der Waals surface area contributed by atoms with Crippen molar-refractivity contribution in [2.45, 2.75) is 44.1 Å². The van der Waals surface area contributed by atoms with Crippen LogP contribution in [0.4, 0.5) is 11.6 Å². The lowest BCUT2D eigenvalue weighted by atomic mass is 9.88. The molecule has 0 aromatic carbocycles. The second-order valence-corrected chi connectivity index (χ2v) is 9.65. The van der Waals surface area contributed by atoms with Gasteiger partial charge in [0.05, 0.1) is 5.54 Å². The number of piperidine rings is 1. The molecule has 1 spiro atoms. The summed E-state index contributed by atoms with van der Waals surface area (Å²) in [4.78, 5) is 53.1. The van der Waals surface area contributed by atoms with E-state index in [9.17, 15) is 14.4 Å². The van der Waals surface area contributed by atoms with Crippen LogP contribution in [0.1, 0.15) is 49.0 Å². The zero-order valence-corrected chi connectivity index (χ0v) is 20.4. The predicted octanol–water partition coefficient (Wildman–Crippen LogP) is -0.302. The minimum Gasteiger partial charge on any atom is -0.382 e. The second-order valence-electron chi connectivity index (χ2n) is 8.63. The van der Waals surface area contributed by atoms with Crippen molar-refractivity contribution in [1.82, 2.24) is 30.4 Å². The van der Waals surface area contributed by atoms with E-state index in [2.05, 4.69) is 25.6 Å². The number of carbonyl (C=O) groups is 3. The fourth-order valence-electron chi connectivity index (χ4n) is 4.40. The molecule has 0 saturated carbocycles. The SMILES string of the molecule is Nc1nc(N)c(C(=O)/N=C2\NCC3(CCN(C(=O)CCC(=O)N4CCCC4)CC3)N2)nc1I. The van der Waals surface area contributed by atoms with Gasteiger partial charge < -0.3 is 31.9 Å². The Morgan fingerprint density at radius 2 is 1.58 bits per heavy atom. The number of aliphatic imine (C=N–C) groups is 1. The number of amides is 3. The number of carbonyl (C=O) groups excluding carboxylic acids is 3. The van der Waals surface area contributed by atoms with Gasteiger partial charge in [0.2, 0.25) is 11.8 Å². The summed E-state index contributed by atoms with van der Waals surface area (Å²) in [6, 6.07) is 0. The molecule has 0 radical (unpaired) electrons. The number of nitrogens with two attached hydrogens (primary N) is 2. The first kappa shape index (κ1) is 23.4. The van der Waals surface area contributed by atoms with Gasteiger partial charge in [-0.25, -0.2) is 9.97 Å². The molecule has 0 aliphatic carbocycles. The van der Waals surface area contributed by atoms with Crippen LogP contribution in [0.25, 0.3) is 0 Å². The number of anilines is 2. The first-order chi connectivity index (χ1) is 15.8. The van der Waals surface area contributed by atoms with Crippen molar-refractivity contribution in [3.05, 3.63) is 9.39 Å². The first-order valence-electron chi connectivity index (χ1n) is 11.1. The fourth-order valence-corrected chi connectivity index (χ4v) is 4.76. The highest BCUT2D eigenvalue weighted by molar-refractivity contribution is 14.1. The molecule has 0 atom stereocenters. The summed E-state index contributed by atoms with van der Waals surface area (Å²) in [6.45, 7) is 3.37. The van der Waals surface area contributed by atoms with Crippen LogP contribution in [-0.2, 0) is 9.59 Å². The van der Waals surface area contributed by atoms with E-state index in [0.29, 0.717) is 42.1 Å². The van der Waals surface area contributed by atoms with Gasteiger partial charge in [-0.2, -0.15) is 4.99 Å². The van der Waals surface area contributed by atoms with Crippen LogP contribution < -0.4 is 22.1 Å². The van der Waals surface area contributed by atoms with Gasteiger partial charge in [0.15, 0.2) is 23.3 Å². The number of aromatic nitrogens is 2. The van der Waals surface area contributed by atoms with E-state index in [0.717, 1.165) is 25.9 Å². The molecule has 3 fully saturated rings. The third-order valence-electron chi connectivity index (χ3n) is 6.38. The Morgan fingerprint density at radius 3 is 2.21 bits per heavy atom. The van der Waals surface area contributed by atoms with Crippen molar-refractivity contribution in [2.75, 3.05) is 44.2 Å². The Balaban J connectivity index is 1.29. The first-order valence-corrected chi connectivity index (χ1v) is 12.1. The summed E-state index contributed by atoms with van der Waals surface area (Å²) in [5, 5.41) is 6.43. The molecule has 13 heteroatoms. The van der Waals surface area contributed by atoms with E-state index in [1.165, 1.54) is 0 Å². The summed E-state index contributed by atoms with van der Waals surface area (Å²) in [7, 11) is 0. The molecular formula is C20H28IN9O3. The summed E-state index contributed by atoms with van der Waals surface area (Å²) in [6.07, 6.45) is 4.03. The summed E-state index contributed by atoms with van der Waals surface area (Å²) < 4.78 is 0.383. The van der Waals surface area contributed by atoms with Gasteiger partial charge in [0.1, 0.15) is 3.70 Å². The minimum atomic E-state index is -0.611. The van der Waals surface area contributed by atoms with Crippen LogP contribution in [0, 0.1) is 3.70 Å². The zero-order chi connectivity index (χ0) is 23.6. The van der Waals surface area contributed by atoms with Crippen molar-refractivity contribution in [3.8, 4) is 0 Å². The Kier molecular flexibility index (Phi) is 6.86. The molecule has 3 amide bonds. The Bertz CT molecular complexity index is 985. The molecule has 3 aliphatic rings. The van der Waals surface area contributed by atoms with Gasteiger partial charge in [-0.1, -0.05) is 0 Å². The predicted molar refractivity (Wildman–Crippen MR) is 130 cm³/mol. The molecule has 6 N–H and O–H groups in total. The molecule has 4 rings (SSSR count). The van der Waals surface area contributed by atoms with Crippen LogP contribution >= 0.6 is 22.6 Å². The largest absolute Gasteiger partial charge is 0.382 e. The van der Waals surface area contributed by atoms with Crippen molar-refractivity contribution in [2.24, 2.45) is 4.99 Å². The lowest BCUT2D eigenvalue weighted by Crippen LogP contribution is -2.53. The smallest absolute Gasteiger partial charge is 0.302 e. The lowest BCUT2D eigenvalue weighted by molar-refractivity contribution is -0.137. The van der Waals surface area contributed by atoms with Crippen molar-refractivity contribution < 1.29 is 14.4 Å². The molecule has 3 aliphatic heterocycles. The average Bonchev–Trinajstić information content (AvgIpc) is 3.46. The molecule has 1 aromatic heterocycles. The molecule has 33 heavy (non-hydrogen) atoms. The highest BCUT2D eigenvalue weighted by Crippen LogP contribution is 2.25. The number of rotatable bonds is 4. The molecule has 0 unspecified atom stereocenters. The highest BCUT2D eigenvalue weighted by Gasteiger charge is 2.40. The molecule has 178 valence electrons. The normalized spacial score (nSPS) is 20.7. The molecular weight excluding hydrogens is 541 g/mol.